The van der Waals surface area contributed by atoms with E-state index in [-0.39, 0.29) is 22.4 Å². The van der Waals surface area contributed by atoms with Crippen molar-refractivity contribution in [3.05, 3.63) is 29.3 Å². The first-order chi connectivity index (χ1) is 8.24. The fourth-order valence-corrected chi connectivity index (χ4v) is 2.63. The van der Waals surface area contributed by atoms with Crippen LogP contribution in [0.3, 0.4) is 0 Å². The van der Waals surface area contributed by atoms with Gasteiger partial charge >= 0.3 is 5.51 Å². The summed E-state index contributed by atoms with van der Waals surface area (Å²) in [4.78, 5) is 11.5. The van der Waals surface area contributed by atoms with Gasteiger partial charge in [-0.1, -0.05) is 37.9 Å². The molecule has 0 N–H and O–H groups in total. The summed E-state index contributed by atoms with van der Waals surface area (Å²) >= 11 is 6.13. The first-order valence-corrected chi connectivity index (χ1v) is 7.73. The van der Waals surface area contributed by atoms with E-state index in [2.05, 4.69) is 31.9 Å². The molecule has 0 fully saturated rings. The van der Waals surface area contributed by atoms with Gasteiger partial charge in [0.25, 0.3) is 0 Å². The number of carbonyl (C=O) groups excluding carboxylic acids is 1. The lowest BCUT2D eigenvalue weighted by atomic mass is 10.0. The molecular weight excluding hydrogens is 397 g/mol. The van der Waals surface area contributed by atoms with Crippen molar-refractivity contribution in [2.45, 2.75) is 27.5 Å². The van der Waals surface area contributed by atoms with Crippen LogP contribution in [-0.2, 0) is 5.33 Å². The molecule has 1 atom stereocenters. The third-order valence-electron chi connectivity index (χ3n) is 2.09. The van der Waals surface area contributed by atoms with Crippen molar-refractivity contribution in [2.24, 2.45) is 0 Å². The number of Topliss-reactive ketones (excluding diaryl/α,β-unsaturated/α-hetero) is 1. The van der Waals surface area contributed by atoms with Crippen LogP contribution in [0.4, 0.5) is 13.2 Å². The third kappa shape index (κ3) is 4.59. The predicted molar refractivity (Wildman–Crippen MR) is 73.7 cm³/mol. The second kappa shape index (κ2) is 6.43. The van der Waals surface area contributed by atoms with Gasteiger partial charge in [0.05, 0.1) is 4.83 Å². The van der Waals surface area contributed by atoms with E-state index in [1.165, 1.54) is 18.2 Å². The monoisotopic (exact) mass is 404 g/mol. The highest BCUT2D eigenvalue weighted by molar-refractivity contribution is 9.10. The summed E-state index contributed by atoms with van der Waals surface area (Å²) in [6.45, 7) is 1.64. The maximum atomic E-state index is 12.3. The summed E-state index contributed by atoms with van der Waals surface area (Å²) in [6, 6.07) is 4.19. The Morgan fingerprint density at radius 1 is 1.44 bits per heavy atom. The number of benzene rings is 1. The number of carbonyl (C=O) groups is 1. The van der Waals surface area contributed by atoms with E-state index >= 15 is 0 Å². The molecule has 0 aliphatic rings. The second-order valence-electron chi connectivity index (χ2n) is 3.48. The van der Waals surface area contributed by atoms with E-state index in [4.69, 9.17) is 0 Å². The molecule has 0 spiro atoms. The summed E-state index contributed by atoms with van der Waals surface area (Å²) in [5.41, 5.74) is -3.36. The van der Waals surface area contributed by atoms with Crippen LogP contribution in [0, 0.1) is 0 Å². The molecule has 100 valence electrons. The minimum absolute atomic E-state index is 0.0173. The van der Waals surface area contributed by atoms with Crippen LogP contribution in [0.5, 0.6) is 0 Å². The van der Waals surface area contributed by atoms with Gasteiger partial charge in [-0.05, 0) is 36.4 Å². The first-order valence-electron chi connectivity index (χ1n) is 4.87. The maximum absolute atomic E-state index is 12.3. The van der Waals surface area contributed by atoms with E-state index < -0.39 is 10.3 Å². The van der Waals surface area contributed by atoms with Gasteiger partial charge in [-0.15, -0.1) is 0 Å². The van der Waals surface area contributed by atoms with Crippen LogP contribution in [0.15, 0.2) is 23.1 Å². The van der Waals surface area contributed by atoms with Crippen LogP contribution in [0.1, 0.15) is 22.8 Å². The number of alkyl halides is 5. The topological polar surface area (TPSA) is 17.1 Å². The Kier molecular flexibility index (Phi) is 5.73. The fourth-order valence-electron chi connectivity index (χ4n) is 1.31. The Balaban J connectivity index is 3.14. The van der Waals surface area contributed by atoms with Crippen molar-refractivity contribution >= 4 is 49.4 Å². The molecule has 1 rings (SSSR count). The van der Waals surface area contributed by atoms with Gasteiger partial charge in [-0.2, -0.15) is 13.2 Å². The molecule has 0 aromatic heterocycles. The Morgan fingerprint density at radius 3 is 2.50 bits per heavy atom. The Labute approximate surface area is 124 Å². The smallest absolute Gasteiger partial charge is 0.293 e. The van der Waals surface area contributed by atoms with Crippen molar-refractivity contribution in [3.8, 4) is 0 Å². The molecule has 0 amide bonds. The first kappa shape index (κ1) is 16.0. The summed E-state index contributed by atoms with van der Waals surface area (Å²) in [6.07, 6.45) is 0. The van der Waals surface area contributed by atoms with Crippen LogP contribution < -0.4 is 0 Å². The number of thioether (sulfide) groups is 1. The van der Waals surface area contributed by atoms with E-state index in [1.54, 1.807) is 6.92 Å². The molecule has 1 aromatic rings. The van der Waals surface area contributed by atoms with Crippen molar-refractivity contribution in [1.29, 1.82) is 0 Å². The number of hydrogen-bond donors (Lipinski definition) is 0. The van der Waals surface area contributed by atoms with E-state index in [0.29, 0.717) is 16.5 Å². The minimum atomic E-state index is -4.35. The summed E-state index contributed by atoms with van der Waals surface area (Å²) in [5.74, 6) is -0.228. The molecule has 18 heavy (non-hydrogen) atoms. The van der Waals surface area contributed by atoms with Crippen LogP contribution in [-0.4, -0.2) is 16.1 Å². The van der Waals surface area contributed by atoms with Crippen molar-refractivity contribution in [1.82, 2.24) is 0 Å². The molecule has 0 saturated heterocycles. The van der Waals surface area contributed by atoms with Crippen LogP contribution in [0.25, 0.3) is 0 Å². The average Bonchev–Trinajstić information content (AvgIpc) is 2.25. The maximum Gasteiger partial charge on any atom is 0.446 e. The average molecular weight is 406 g/mol. The number of rotatable bonds is 4. The molecule has 1 nitrogen and oxygen atoms in total. The van der Waals surface area contributed by atoms with Gasteiger partial charge in [-0.25, -0.2) is 0 Å². The highest BCUT2D eigenvalue weighted by atomic mass is 79.9. The number of ketones is 1. The van der Waals surface area contributed by atoms with E-state index in [1.807, 2.05) is 0 Å². The SMILES string of the molecule is CC(Br)C(=O)c1cc(SC(F)(F)F)ccc1CBr. The summed E-state index contributed by atoms with van der Waals surface area (Å²) in [7, 11) is 0. The van der Waals surface area contributed by atoms with Gasteiger partial charge in [0.1, 0.15) is 0 Å². The molecule has 0 radical (unpaired) electrons. The van der Waals surface area contributed by atoms with Crippen molar-refractivity contribution in [2.75, 3.05) is 0 Å². The van der Waals surface area contributed by atoms with Crippen LogP contribution in [0.2, 0.25) is 0 Å². The van der Waals surface area contributed by atoms with Gasteiger partial charge < -0.3 is 0 Å². The minimum Gasteiger partial charge on any atom is -0.293 e. The normalized spacial score (nSPS) is 13.4. The Morgan fingerprint density at radius 2 is 2.06 bits per heavy atom. The standard InChI is InChI=1S/C11H9Br2F3OS/c1-6(13)10(17)9-4-8(18-11(14,15)16)3-2-7(9)5-12/h2-4,6H,5H2,1H3. The summed E-state index contributed by atoms with van der Waals surface area (Å²) < 4.78 is 36.8. The van der Waals surface area contributed by atoms with Crippen molar-refractivity contribution < 1.29 is 18.0 Å². The number of hydrogen-bond acceptors (Lipinski definition) is 2. The largest absolute Gasteiger partial charge is 0.446 e. The lowest BCUT2D eigenvalue weighted by molar-refractivity contribution is -0.0328. The lowest BCUT2D eigenvalue weighted by Gasteiger charge is -2.11. The molecule has 0 aliphatic heterocycles. The quantitative estimate of drug-likeness (QED) is 0.391. The highest BCUT2D eigenvalue weighted by Crippen LogP contribution is 2.37. The Bertz CT molecular complexity index is 446. The van der Waals surface area contributed by atoms with Gasteiger partial charge in [0.2, 0.25) is 0 Å². The molecule has 1 aromatic carbocycles. The molecule has 7 heteroatoms. The molecule has 0 aliphatic carbocycles. The third-order valence-corrected chi connectivity index (χ3v) is 3.83. The number of halogens is 5. The molecule has 1 unspecified atom stereocenters. The molecule has 0 saturated carbocycles. The Hall–Kier alpha value is -0.0100. The molecular formula is C11H9Br2F3OS. The second-order valence-corrected chi connectivity index (χ2v) is 6.55. The zero-order valence-electron chi connectivity index (χ0n) is 9.22. The highest BCUT2D eigenvalue weighted by Gasteiger charge is 2.30. The zero-order chi connectivity index (χ0) is 13.9. The lowest BCUT2D eigenvalue weighted by Crippen LogP contribution is -2.12. The van der Waals surface area contributed by atoms with E-state index in [9.17, 15) is 18.0 Å². The summed E-state index contributed by atoms with van der Waals surface area (Å²) in [5, 5.41) is 0.421. The predicted octanol–water partition coefficient (Wildman–Crippen LogP) is 5.16. The van der Waals surface area contributed by atoms with Gasteiger partial charge in [-0.3, -0.25) is 4.79 Å². The van der Waals surface area contributed by atoms with Crippen LogP contribution >= 0.6 is 43.6 Å². The van der Waals surface area contributed by atoms with Gasteiger partial charge in [0.15, 0.2) is 5.78 Å². The van der Waals surface area contributed by atoms with E-state index in [0.717, 1.165) is 0 Å². The zero-order valence-corrected chi connectivity index (χ0v) is 13.2. The van der Waals surface area contributed by atoms with Crippen molar-refractivity contribution in [3.63, 3.8) is 0 Å². The molecule has 0 bridgehead atoms. The fraction of sp³-hybridized carbons (Fsp3) is 0.364. The molecule has 0 heterocycles. The van der Waals surface area contributed by atoms with Gasteiger partial charge in [0, 0.05) is 15.8 Å².